The molecule has 2 aromatic heterocycles. The summed E-state index contributed by atoms with van der Waals surface area (Å²) in [4.78, 5) is 16.1. The fraction of sp³-hybridized carbons (Fsp3) is 0.133. The van der Waals surface area contributed by atoms with Gasteiger partial charge in [-0.3, -0.25) is 9.78 Å². The molecule has 2 heterocycles. The number of pyridine rings is 1. The van der Waals surface area contributed by atoms with Crippen LogP contribution in [0, 0.1) is 0 Å². The predicted molar refractivity (Wildman–Crippen MR) is 79.3 cm³/mol. The molecule has 0 radical (unpaired) electrons. The van der Waals surface area contributed by atoms with Crippen molar-refractivity contribution in [3.63, 3.8) is 0 Å². The van der Waals surface area contributed by atoms with Crippen molar-refractivity contribution in [2.45, 2.75) is 6.42 Å². The molecule has 1 amide bonds. The van der Waals surface area contributed by atoms with Gasteiger partial charge in [-0.05, 0) is 18.1 Å². The monoisotopic (exact) mass is 301 g/mol. The molecule has 5 nitrogen and oxygen atoms in total. The average Bonchev–Trinajstić information content (AvgIpc) is 2.93. The highest BCUT2D eigenvalue weighted by Crippen LogP contribution is 2.17. The number of hydrogen-bond donors (Lipinski definition) is 1. The lowest BCUT2D eigenvalue weighted by Gasteiger charge is -2.05. The topological polar surface area (TPSA) is 68.0 Å². The van der Waals surface area contributed by atoms with Gasteiger partial charge >= 0.3 is 0 Å². The number of hydrogen-bond acceptors (Lipinski definition) is 4. The van der Waals surface area contributed by atoms with Crippen LogP contribution in [-0.2, 0) is 6.42 Å². The van der Waals surface area contributed by atoms with Gasteiger partial charge in [0.1, 0.15) is 0 Å². The summed E-state index contributed by atoms with van der Waals surface area (Å²) in [6, 6.07) is 9.22. The van der Waals surface area contributed by atoms with Crippen molar-refractivity contribution in [3.05, 3.63) is 59.0 Å². The van der Waals surface area contributed by atoms with Crippen LogP contribution in [0.1, 0.15) is 16.1 Å². The molecule has 0 aliphatic heterocycles. The Morgan fingerprint density at radius 1 is 1.29 bits per heavy atom. The molecule has 0 spiro atoms. The van der Waals surface area contributed by atoms with E-state index in [1.165, 1.54) is 0 Å². The number of fused-ring (bicyclic) bond motifs is 1. The lowest BCUT2D eigenvalue weighted by Crippen LogP contribution is -2.26. The molecule has 0 saturated heterocycles. The smallest absolute Gasteiger partial charge is 0.274 e. The van der Waals surface area contributed by atoms with Gasteiger partial charge in [0, 0.05) is 30.0 Å². The van der Waals surface area contributed by atoms with E-state index in [2.05, 4.69) is 15.5 Å². The first-order chi connectivity index (χ1) is 10.3. The number of carbonyl (C=O) groups excluding carboxylic acids is 1. The highest BCUT2D eigenvalue weighted by Gasteiger charge is 2.15. The number of amides is 1. The molecule has 0 saturated carbocycles. The molecule has 0 atom stereocenters. The van der Waals surface area contributed by atoms with Gasteiger partial charge in [-0.25, -0.2) is 0 Å². The van der Waals surface area contributed by atoms with E-state index >= 15 is 0 Å². The summed E-state index contributed by atoms with van der Waals surface area (Å²) < 4.78 is 5.08. The first kappa shape index (κ1) is 13.6. The Labute approximate surface area is 125 Å². The minimum atomic E-state index is -0.284. The summed E-state index contributed by atoms with van der Waals surface area (Å²) in [5, 5.41) is 7.89. The molecule has 6 heteroatoms. The molecule has 0 fully saturated rings. The van der Waals surface area contributed by atoms with E-state index in [0.717, 1.165) is 5.56 Å². The zero-order chi connectivity index (χ0) is 14.7. The SMILES string of the molecule is O=C(NCCc1ccccc1Cl)c1noc2ccncc12. The fourth-order valence-electron chi connectivity index (χ4n) is 2.04. The molecule has 21 heavy (non-hydrogen) atoms. The van der Waals surface area contributed by atoms with Crippen LogP contribution in [0.3, 0.4) is 0 Å². The molecule has 3 aromatic rings. The zero-order valence-electron chi connectivity index (χ0n) is 11.0. The first-order valence-electron chi connectivity index (χ1n) is 6.46. The van der Waals surface area contributed by atoms with E-state index < -0.39 is 0 Å². The highest BCUT2D eigenvalue weighted by molar-refractivity contribution is 6.31. The van der Waals surface area contributed by atoms with Crippen LogP contribution in [0.25, 0.3) is 11.0 Å². The van der Waals surface area contributed by atoms with Crippen molar-refractivity contribution in [1.82, 2.24) is 15.5 Å². The Bertz CT molecular complexity index is 785. The second kappa shape index (κ2) is 5.93. The number of benzene rings is 1. The largest absolute Gasteiger partial charge is 0.355 e. The molecule has 106 valence electrons. The standard InChI is InChI=1S/C15H12ClN3O2/c16-12-4-2-1-3-10(12)5-8-18-15(20)14-11-9-17-7-6-13(11)21-19-14/h1-4,6-7,9H,5,8H2,(H,18,20). The summed E-state index contributed by atoms with van der Waals surface area (Å²) in [5.41, 5.74) is 1.78. The normalized spacial score (nSPS) is 10.7. The number of aromatic nitrogens is 2. The Morgan fingerprint density at radius 3 is 3.00 bits per heavy atom. The van der Waals surface area contributed by atoms with Crippen molar-refractivity contribution in [2.24, 2.45) is 0 Å². The highest BCUT2D eigenvalue weighted by atomic mass is 35.5. The maximum atomic E-state index is 12.1. The van der Waals surface area contributed by atoms with Crippen molar-refractivity contribution in [1.29, 1.82) is 0 Å². The van der Waals surface area contributed by atoms with Crippen molar-refractivity contribution in [3.8, 4) is 0 Å². The van der Waals surface area contributed by atoms with Gasteiger partial charge in [0.15, 0.2) is 11.3 Å². The molecule has 1 aromatic carbocycles. The number of halogens is 1. The van der Waals surface area contributed by atoms with Gasteiger partial charge in [0.25, 0.3) is 5.91 Å². The average molecular weight is 302 g/mol. The molecule has 3 rings (SSSR count). The summed E-state index contributed by atoms with van der Waals surface area (Å²) >= 11 is 6.07. The molecule has 0 aliphatic carbocycles. The Morgan fingerprint density at radius 2 is 2.14 bits per heavy atom. The Kier molecular flexibility index (Phi) is 3.83. The molecule has 0 aliphatic rings. The van der Waals surface area contributed by atoms with Gasteiger partial charge in [-0.1, -0.05) is 35.0 Å². The van der Waals surface area contributed by atoms with Gasteiger partial charge in [0.2, 0.25) is 0 Å². The predicted octanol–water partition coefficient (Wildman–Crippen LogP) is 2.85. The third-order valence-electron chi connectivity index (χ3n) is 3.12. The van der Waals surface area contributed by atoms with Gasteiger partial charge < -0.3 is 9.84 Å². The van der Waals surface area contributed by atoms with Crippen LogP contribution >= 0.6 is 11.6 Å². The quantitative estimate of drug-likeness (QED) is 0.804. The lowest BCUT2D eigenvalue weighted by molar-refractivity contribution is 0.0946. The van der Waals surface area contributed by atoms with Crippen LogP contribution in [0.5, 0.6) is 0 Å². The molecule has 0 bridgehead atoms. The summed E-state index contributed by atoms with van der Waals surface area (Å²) in [6.07, 6.45) is 3.81. The summed E-state index contributed by atoms with van der Waals surface area (Å²) in [7, 11) is 0. The van der Waals surface area contributed by atoms with Gasteiger partial charge in [-0.15, -0.1) is 0 Å². The van der Waals surface area contributed by atoms with E-state index in [-0.39, 0.29) is 11.6 Å². The number of carbonyl (C=O) groups is 1. The number of nitrogens with zero attached hydrogens (tertiary/aromatic N) is 2. The Balaban J connectivity index is 1.66. The molecular formula is C15H12ClN3O2. The number of rotatable bonds is 4. The van der Waals surface area contributed by atoms with Crippen molar-refractivity contribution < 1.29 is 9.32 Å². The van der Waals surface area contributed by atoms with Crippen LogP contribution in [0.4, 0.5) is 0 Å². The zero-order valence-corrected chi connectivity index (χ0v) is 11.8. The number of nitrogens with one attached hydrogen (secondary N) is 1. The van der Waals surface area contributed by atoms with E-state index in [0.29, 0.717) is 29.0 Å². The van der Waals surface area contributed by atoms with Crippen molar-refractivity contribution in [2.75, 3.05) is 6.54 Å². The second-order valence-electron chi connectivity index (χ2n) is 4.50. The van der Waals surface area contributed by atoms with E-state index in [1.807, 2.05) is 24.3 Å². The van der Waals surface area contributed by atoms with Gasteiger partial charge in [-0.2, -0.15) is 0 Å². The lowest BCUT2D eigenvalue weighted by atomic mass is 10.1. The molecule has 0 unspecified atom stereocenters. The third-order valence-corrected chi connectivity index (χ3v) is 3.49. The van der Waals surface area contributed by atoms with Crippen LogP contribution in [0.15, 0.2) is 47.2 Å². The maximum Gasteiger partial charge on any atom is 0.274 e. The summed E-state index contributed by atoms with van der Waals surface area (Å²) in [5.74, 6) is -0.284. The second-order valence-corrected chi connectivity index (χ2v) is 4.91. The van der Waals surface area contributed by atoms with Crippen LogP contribution in [0.2, 0.25) is 5.02 Å². The van der Waals surface area contributed by atoms with E-state index in [9.17, 15) is 4.79 Å². The first-order valence-corrected chi connectivity index (χ1v) is 6.84. The summed E-state index contributed by atoms with van der Waals surface area (Å²) in [6.45, 7) is 0.469. The van der Waals surface area contributed by atoms with E-state index in [1.54, 1.807) is 18.5 Å². The van der Waals surface area contributed by atoms with E-state index in [4.69, 9.17) is 16.1 Å². The minimum Gasteiger partial charge on any atom is -0.355 e. The maximum absolute atomic E-state index is 12.1. The van der Waals surface area contributed by atoms with Crippen molar-refractivity contribution >= 4 is 28.5 Å². The van der Waals surface area contributed by atoms with Gasteiger partial charge in [0.05, 0.1) is 5.39 Å². The minimum absolute atomic E-state index is 0.247. The van der Waals surface area contributed by atoms with Crippen LogP contribution in [-0.4, -0.2) is 22.6 Å². The third kappa shape index (κ3) is 2.87. The molecular weight excluding hydrogens is 290 g/mol. The fourth-order valence-corrected chi connectivity index (χ4v) is 2.27. The Hall–Kier alpha value is -2.40. The molecule has 1 N–H and O–H groups in total. The van der Waals surface area contributed by atoms with Crippen LogP contribution < -0.4 is 5.32 Å².